The van der Waals surface area contributed by atoms with Crippen molar-refractivity contribution in [3.05, 3.63) is 84.2 Å². The van der Waals surface area contributed by atoms with E-state index in [2.05, 4.69) is 9.98 Å². The number of aliphatic imine (C=N–C) groups is 1. The number of aromatic nitrogens is 1. The summed E-state index contributed by atoms with van der Waals surface area (Å²) in [6.07, 6.45) is 3.42. The summed E-state index contributed by atoms with van der Waals surface area (Å²) in [4.78, 5) is 23.5. The van der Waals surface area contributed by atoms with E-state index in [-0.39, 0.29) is 11.9 Å². The van der Waals surface area contributed by atoms with E-state index in [0.29, 0.717) is 5.75 Å². The molecule has 0 saturated carbocycles. The summed E-state index contributed by atoms with van der Waals surface area (Å²) in [6, 6.07) is 19.0. The monoisotopic (exact) mass is 372 g/mol. The van der Waals surface area contributed by atoms with Crippen LogP contribution in [0.2, 0.25) is 0 Å². The molecule has 0 fully saturated rings. The average Bonchev–Trinajstić information content (AvgIpc) is 2.99. The highest BCUT2D eigenvalue weighted by molar-refractivity contribution is 6.09. The standard InChI is InChI=1S/C22H20N4O2/c1-26-20(27)22(25-21(26)23,16-8-4-3-5-9-16)17-10-6-7-15(13-17)18-14-24-12-11-19(18)28-2/h3-14H,1-2H3,(H2,23,25). The highest BCUT2D eigenvalue weighted by Gasteiger charge is 2.49. The van der Waals surface area contributed by atoms with Crippen LogP contribution >= 0.6 is 0 Å². The topological polar surface area (TPSA) is 80.8 Å². The Labute approximate surface area is 163 Å². The summed E-state index contributed by atoms with van der Waals surface area (Å²) in [7, 11) is 3.26. The molecular weight excluding hydrogens is 352 g/mol. The van der Waals surface area contributed by atoms with E-state index >= 15 is 0 Å². The molecular formula is C22H20N4O2. The van der Waals surface area contributed by atoms with Crippen molar-refractivity contribution in [2.75, 3.05) is 14.2 Å². The van der Waals surface area contributed by atoms with E-state index in [1.165, 1.54) is 4.90 Å². The van der Waals surface area contributed by atoms with Crippen LogP contribution in [0.15, 0.2) is 78.0 Å². The summed E-state index contributed by atoms with van der Waals surface area (Å²) in [5.74, 6) is 0.712. The van der Waals surface area contributed by atoms with Crippen molar-refractivity contribution in [1.29, 1.82) is 0 Å². The SMILES string of the molecule is COc1ccncc1-c1cccc(C2(c3ccccc3)N=C(N)N(C)C2=O)c1. The Kier molecular flexibility index (Phi) is 4.31. The molecule has 1 atom stereocenters. The summed E-state index contributed by atoms with van der Waals surface area (Å²) in [5.41, 5.74) is 8.05. The Balaban J connectivity index is 1.94. The molecule has 1 amide bonds. The number of benzene rings is 2. The van der Waals surface area contributed by atoms with Gasteiger partial charge >= 0.3 is 0 Å². The lowest BCUT2D eigenvalue weighted by atomic mass is 9.82. The molecule has 2 N–H and O–H groups in total. The van der Waals surface area contributed by atoms with Crippen LogP contribution in [0.4, 0.5) is 0 Å². The van der Waals surface area contributed by atoms with Crippen molar-refractivity contribution in [3.8, 4) is 16.9 Å². The molecule has 1 aliphatic heterocycles. The molecule has 0 bridgehead atoms. The van der Waals surface area contributed by atoms with Crippen LogP contribution in [0.5, 0.6) is 5.75 Å². The molecule has 1 unspecified atom stereocenters. The Bertz CT molecular complexity index is 1060. The Hall–Kier alpha value is -3.67. The Morgan fingerprint density at radius 2 is 1.79 bits per heavy atom. The molecule has 1 aromatic heterocycles. The molecule has 28 heavy (non-hydrogen) atoms. The maximum absolute atomic E-state index is 13.3. The third kappa shape index (κ3) is 2.62. The fourth-order valence-electron chi connectivity index (χ4n) is 3.55. The first-order chi connectivity index (χ1) is 13.6. The van der Waals surface area contributed by atoms with Gasteiger partial charge in [-0.3, -0.25) is 14.7 Å². The Morgan fingerprint density at radius 1 is 1.04 bits per heavy atom. The number of likely N-dealkylation sites (N-methyl/N-ethyl adjacent to an activating group) is 1. The lowest BCUT2D eigenvalue weighted by Gasteiger charge is -2.26. The van der Waals surface area contributed by atoms with Gasteiger partial charge in [0.25, 0.3) is 5.91 Å². The third-order valence-electron chi connectivity index (χ3n) is 5.02. The molecule has 3 aromatic rings. The van der Waals surface area contributed by atoms with Crippen molar-refractivity contribution >= 4 is 11.9 Å². The number of guanidine groups is 1. The highest BCUT2D eigenvalue weighted by Crippen LogP contribution is 2.41. The predicted molar refractivity (Wildman–Crippen MR) is 108 cm³/mol. The van der Waals surface area contributed by atoms with E-state index < -0.39 is 5.54 Å². The van der Waals surface area contributed by atoms with Gasteiger partial charge in [-0.05, 0) is 28.8 Å². The van der Waals surface area contributed by atoms with Crippen molar-refractivity contribution in [2.45, 2.75) is 5.54 Å². The zero-order valence-corrected chi connectivity index (χ0v) is 15.7. The van der Waals surface area contributed by atoms with Crippen LogP contribution < -0.4 is 10.5 Å². The van der Waals surface area contributed by atoms with Gasteiger partial charge in [0.05, 0.1) is 7.11 Å². The minimum Gasteiger partial charge on any atom is -0.496 e. The second-order valence-electron chi connectivity index (χ2n) is 6.57. The summed E-state index contributed by atoms with van der Waals surface area (Å²) in [5, 5.41) is 0. The van der Waals surface area contributed by atoms with Gasteiger partial charge in [0.2, 0.25) is 0 Å². The number of carbonyl (C=O) groups excluding carboxylic acids is 1. The molecule has 0 spiro atoms. The Morgan fingerprint density at radius 3 is 2.46 bits per heavy atom. The zero-order chi connectivity index (χ0) is 19.7. The molecule has 2 aromatic carbocycles. The summed E-state index contributed by atoms with van der Waals surface area (Å²) < 4.78 is 5.47. The van der Waals surface area contributed by atoms with Crippen molar-refractivity contribution in [3.63, 3.8) is 0 Å². The largest absolute Gasteiger partial charge is 0.496 e. The molecule has 2 heterocycles. The maximum atomic E-state index is 13.3. The number of hydrogen-bond acceptors (Lipinski definition) is 5. The van der Waals surface area contributed by atoms with Gasteiger partial charge in [-0.2, -0.15) is 0 Å². The van der Waals surface area contributed by atoms with E-state index in [9.17, 15) is 4.79 Å². The number of ether oxygens (including phenoxy) is 1. The van der Waals surface area contributed by atoms with Gasteiger partial charge in [0.1, 0.15) is 5.75 Å². The van der Waals surface area contributed by atoms with Crippen molar-refractivity contribution in [1.82, 2.24) is 9.88 Å². The predicted octanol–water partition coefficient (Wildman–Crippen LogP) is 2.79. The fourth-order valence-corrected chi connectivity index (χ4v) is 3.55. The van der Waals surface area contributed by atoms with Gasteiger partial charge in [-0.1, -0.05) is 48.5 Å². The van der Waals surface area contributed by atoms with E-state index in [0.717, 1.165) is 22.3 Å². The smallest absolute Gasteiger partial charge is 0.266 e. The van der Waals surface area contributed by atoms with Gasteiger partial charge in [0, 0.05) is 25.0 Å². The number of amides is 1. The minimum absolute atomic E-state index is 0.188. The number of nitrogens with zero attached hydrogens (tertiary/aromatic N) is 3. The van der Waals surface area contributed by atoms with Crippen molar-refractivity contribution in [2.24, 2.45) is 10.7 Å². The van der Waals surface area contributed by atoms with Crippen LogP contribution in [0.25, 0.3) is 11.1 Å². The van der Waals surface area contributed by atoms with Crippen LogP contribution in [-0.2, 0) is 10.3 Å². The first-order valence-corrected chi connectivity index (χ1v) is 8.86. The van der Waals surface area contributed by atoms with Crippen LogP contribution in [-0.4, -0.2) is 35.9 Å². The molecule has 4 rings (SSSR count). The number of hydrogen-bond donors (Lipinski definition) is 1. The van der Waals surface area contributed by atoms with Crippen LogP contribution in [0.1, 0.15) is 11.1 Å². The molecule has 0 radical (unpaired) electrons. The third-order valence-corrected chi connectivity index (χ3v) is 5.02. The van der Waals surface area contributed by atoms with E-state index in [1.54, 1.807) is 32.6 Å². The zero-order valence-electron chi connectivity index (χ0n) is 15.7. The first-order valence-electron chi connectivity index (χ1n) is 8.86. The lowest BCUT2D eigenvalue weighted by Crippen LogP contribution is -2.41. The van der Waals surface area contributed by atoms with Gasteiger partial charge in [-0.15, -0.1) is 0 Å². The minimum atomic E-state index is -1.22. The van der Waals surface area contributed by atoms with E-state index in [4.69, 9.17) is 10.5 Å². The molecule has 0 aliphatic carbocycles. The quantitative estimate of drug-likeness (QED) is 0.764. The summed E-state index contributed by atoms with van der Waals surface area (Å²) in [6.45, 7) is 0. The molecule has 6 heteroatoms. The van der Waals surface area contributed by atoms with Crippen LogP contribution in [0, 0.1) is 0 Å². The fraction of sp³-hybridized carbons (Fsp3) is 0.136. The van der Waals surface area contributed by atoms with Gasteiger partial charge < -0.3 is 10.5 Å². The second kappa shape index (κ2) is 6.81. The molecule has 140 valence electrons. The van der Waals surface area contributed by atoms with E-state index in [1.807, 2.05) is 54.6 Å². The number of carbonyl (C=O) groups is 1. The lowest BCUT2D eigenvalue weighted by molar-refractivity contribution is -0.129. The molecule has 1 aliphatic rings. The average molecular weight is 372 g/mol. The number of pyridine rings is 1. The number of nitrogens with two attached hydrogens (primary N) is 1. The summed E-state index contributed by atoms with van der Waals surface area (Å²) >= 11 is 0. The first kappa shape index (κ1) is 17.7. The normalized spacial score (nSPS) is 18.9. The number of rotatable bonds is 4. The second-order valence-corrected chi connectivity index (χ2v) is 6.57. The highest BCUT2D eigenvalue weighted by atomic mass is 16.5. The molecule has 6 nitrogen and oxygen atoms in total. The van der Waals surface area contributed by atoms with Crippen molar-refractivity contribution < 1.29 is 9.53 Å². The van der Waals surface area contributed by atoms with Gasteiger partial charge in [-0.25, -0.2) is 4.99 Å². The maximum Gasteiger partial charge on any atom is 0.266 e. The van der Waals surface area contributed by atoms with Gasteiger partial charge in [0.15, 0.2) is 11.5 Å². The molecule has 0 saturated heterocycles. The van der Waals surface area contributed by atoms with Crippen LogP contribution in [0.3, 0.4) is 0 Å². The number of methoxy groups -OCH3 is 1.